The molecule has 7 heteroatoms. The van der Waals surface area contributed by atoms with Crippen molar-refractivity contribution in [2.45, 2.75) is 32.8 Å². The zero-order chi connectivity index (χ0) is 19.5. The Morgan fingerprint density at radius 3 is 2.64 bits per heavy atom. The molecule has 0 aliphatic rings. The van der Waals surface area contributed by atoms with Crippen LogP contribution in [0.2, 0.25) is 0 Å². The van der Waals surface area contributed by atoms with E-state index >= 15 is 0 Å². The summed E-state index contributed by atoms with van der Waals surface area (Å²) in [7, 11) is 1.65. The van der Waals surface area contributed by atoms with Crippen LogP contribution in [-0.4, -0.2) is 37.9 Å². The Labute approximate surface area is 163 Å². The van der Waals surface area contributed by atoms with Crippen LogP contribution in [0.15, 0.2) is 49.1 Å². The number of hydrogen-bond donors (Lipinski definition) is 1. The summed E-state index contributed by atoms with van der Waals surface area (Å²) in [6.07, 6.45) is 5.23. The van der Waals surface area contributed by atoms with Gasteiger partial charge in [-0.25, -0.2) is 14.6 Å². The highest BCUT2D eigenvalue weighted by atomic mass is 16.5. The lowest BCUT2D eigenvalue weighted by molar-refractivity contribution is 0.185. The number of hydrogen-bond acceptors (Lipinski definition) is 5. The molecule has 7 nitrogen and oxygen atoms in total. The van der Waals surface area contributed by atoms with Crippen LogP contribution in [0.3, 0.4) is 0 Å². The highest BCUT2D eigenvalue weighted by molar-refractivity contribution is 5.81. The molecule has 0 spiro atoms. The zero-order valence-corrected chi connectivity index (χ0v) is 16.2. The Morgan fingerprint density at radius 2 is 1.93 bits per heavy atom. The summed E-state index contributed by atoms with van der Waals surface area (Å²) in [6, 6.07) is 11.8. The van der Waals surface area contributed by atoms with E-state index in [1.54, 1.807) is 18.1 Å². The van der Waals surface area contributed by atoms with Gasteiger partial charge in [0.05, 0.1) is 29.9 Å². The minimum atomic E-state index is 0.157. The quantitative estimate of drug-likeness (QED) is 0.517. The molecule has 1 N–H and O–H groups in total. The molecule has 2 heterocycles. The van der Waals surface area contributed by atoms with Gasteiger partial charge in [0.2, 0.25) is 0 Å². The summed E-state index contributed by atoms with van der Waals surface area (Å²) in [5.41, 5.74) is 3.69. The largest absolute Gasteiger partial charge is 0.493 e. The molecule has 2 aromatic heterocycles. The van der Waals surface area contributed by atoms with Crippen LogP contribution in [0.5, 0.6) is 11.5 Å². The van der Waals surface area contributed by atoms with Gasteiger partial charge < -0.3 is 14.5 Å². The molecular formula is C21H23N5O2. The molecule has 0 atom stereocenters. The van der Waals surface area contributed by atoms with Gasteiger partial charge in [0, 0.05) is 5.56 Å². The molecule has 0 bridgehead atoms. The summed E-state index contributed by atoms with van der Waals surface area (Å²) in [6.45, 7) is 4.24. The summed E-state index contributed by atoms with van der Waals surface area (Å²) in [5, 5.41) is 4.17. The summed E-state index contributed by atoms with van der Waals surface area (Å²) in [5.74, 6) is 2.24. The lowest BCUT2D eigenvalue weighted by Crippen LogP contribution is -2.14. The predicted octanol–water partition coefficient (Wildman–Crippen LogP) is 4.39. The van der Waals surface area contributed by atoms with Gasteiger partial charge in [0.1, 0.15) is 18.5 Å². The average molecular weight is 377 g/mol. The molecule has 144 valence electrons. The van der Waals surface area contributed by atoms with Crippen molar-refractivity contribution in [2.24, 2.45) is 0 Å². The van der Waals surface area contributed by atoms with Crippen molar-refractivity contribution in [1.29, 1.82) is 0 Å². The van der Waals surface area contributed by atoms with Gasteiger partial charge in [-0.2, -0.15) is 5.10 Å². The maximum absolute atomic E-state index is 6.15. The van der Waals surface area contributed by atoms with Gasteiger partial charge >= 0.3 is 0 Å². The second-order valence-corrected chi connectivity index (χ2v) is 6.55. The number of aromatic nitrogens is 5. The van der Waals surface area contributed by atoms with Crippen molar-refractivity contribution in [3.05, 3.63) is 49.1 Å². The first kappa shape index (κ1) is 18.0. The fraction of sp³-hybridized carbons (Fsp3) is 0.286. The predicted molar refractivity (Wildman–Crippen MR) is 108 cm³/mol. The molecule has 28 heavy (non-hydrogen) atoms. The van der Waals surface area contributed by atoms with Crippen molar-refractivity contribution < 1.29 is 9.47 Å². The van der Waals surface area contributed by atoms with Gasteiger partial charge in [-0.3, -0.25) is 0 Å². The summed E-state index contributed by atoms with van der Waals surface area (Å²) >= 11 is 0. The fourth-order valence-corrected chi connectivity index (χ4v) is 3.17. The first-order valence-electron chi connectivity index (χ1n) is 9.41. The van der Waals surface area contributed by atoms with Gasteiger partial charge in [0.25, 0.3) is 0 Å². The normalized spacial score (nSPS) is 11.3. The third-order valence-corrected chi connectivity index (χ3v) is 4.79. The van der Waals surface area contributed by atoms with E-state index < -0.39 is 0 Å². The van der Waals surface area contributed by atoms with E-state index in [1.807, 2.05) is 36.4 Å². The molecule has 0 amide bonds. The Bertz CT molecular complexity index is 1070. The highest BCUT2D eigenvalue weighted by Crippen LogP contribution is 2.33. The Hall–Kier alpha value is -3.35. The van der Waals surface area contributed by atoms with Gasteiger partial charge in [-0.15, -0.1) is 0 Å². The Balaban J connectivity index is 1.70. The number of ether oxygens (including phenoxy) is 2. The number of fused-ring (bicyclic) bond motifs is 1. The van der Waals surface area contributed by atoms with Crippen LogP contribution in [-0.2, 0) is 0 Å². The number of imidazole rings is 1. The number of methoxy groups -OCH3 is 1. The van der Waals surface area contributed by atoms with Crippen LogP contribution >= 0.6 is 0 Å². The molecule has 2 aromatic carbocycles. The maximum Gasteiger partial charge on any atom is 0.162 e. The van der Waals surface area contributed by atoms with Crippen LogP contribution < -0.4 is 9.47 Å². The van der Waals surface area contributed by atoms with Crippen molar-refractivity contribution in [3.63, 3.8) is 0 Å². The minimum absolute atomic E-state index is 0.157. The zero-order valence-electron chi connectivity index (χ0n) is 16.2. The van der Waals surface area contributed by atoms with Crippen LogP contribution in [0.1, 0.15) is 26.7 Å². The third kappa shape index (κ3) is 3.43. The summed E-state index contributed by atoms with van der Waals surface area (Å²) in [4.78, 5) is 12.1. The Kier molecular flexibility index (Phi) is 4.97. The SMILES string of the molecule is CCC(CC)Oc1cc(-c2nc3ccc(-n4cncn4)cc3[nH]2)ccc1OC. The molecule has 0 saturated heterocycles. The van der Waals surface area contributed by atoms with E-state index in [0.717, 1.165) is 52.4 Å². The second kappa shape index (κ2) is 7.72. The smallest absolute Gasteiger partial charge is 0.162 e. The number of nitrogens with zero attached hydrogens (tertiary/aromatic N) is 4. The number of benzene rings is 2. The average Bonchev–Trinajstić information content (AvgIpc) is 3.41. The molecule has 0 aliphatic heterocycles. The van der Waals surface area contributed by atoms with E-state index in [4.69, 9.17) is 14.5 Å². The first-order chi connectivity index (χ1) is 13.7. The van der Waals surface area contributed by atoms with Crippen LogP contribution in [0.25, 0.3) is 28.1 Å². The number of nitrogens with one attached hydrogen (secondary N) is 1. The van der Waals surface area contributed by atoms with Crippen molar-refractivity contribution in [3.8, 4) is 28.6 Å². The van der Waals surface area contributed by atoms with E-state index in [2.05, 4.69) is 28.9 Å². The highest BCUT2D eigenvalue weighted by Gasteiger charge is 2.14. The van der Waals surface area contributed by atoms with E-state index in [9.17, 15) is 0 Å². The van der Waals surface area contributed by atoms with Crippen LogP contribution in [0, 0.1) is 0 Å². The lowest BCUT2D eigenvalue weighted by atomic mass is 10.1. The van der Waals surface area contributed by atoms with Crippen LogP contribution in [0.4, 0.5) is 0 Å². The molecule has 4 aromatic rings. The Morgan fingerprint density at radius 1 is 1.07 bits per heavy atom. The van der Waals surface area contributed by atoms with Gasteiger partial charge in [0.15, 0.2) is 11.5 Å². The van der Waals surface area contributed by atoms with E-state index in [-0.39, 0.29) is 6.10 Å². The molecule has 0 radical (unpaired) electrons. The summed E-state index contributed by atoms with van der Waals surface area (Å²) < 4.78 is 13.3. The number of rotatable bonds is 7. The molecule has 0 saturated carbocycles. The van der Waals surface area contributed by atoms with E-state index in [0.29, 0.717) is 0 Å². The lowest BCUT2D eigenvalue weighted by Gasteiger charge is -2.18. The standard InChI is InChI=1S/C21H23N5O2/c1-4-16(5-2)28-20-10-14(6-9-19(20)27-3)21-24-17-8-7-15(11-18(17)25-21)26-13-22-12-23-26/h6-13,16H,4-5H2,1-3H3,(H,24,25). The molecule has 4 rings (SSSR count). The molecule has 0 fully saturated rings. The fourth-order valence-electron chi connectivity index (χ4n) is 3.17. The maximum atomic E-state index is 6.15. The minimum Gasteiger partial charge on any atom is -0.493 e. The van der Waals surface area contributed by atoms with Gasteiger partial charge in [-0.1, -0.05) is 13.8 Å². The molecular weight excluding hydrogens is 354 g/mol. The third-order valence-electron chi connectivity index (χ3n) is 4.79. The monoisotopic (exact) mass is 377 g/mol. The second-order valence-electron chi connectivity index (χ2n) is 6.55. The number of aromatic amines is 1. The topological polar surface area (TPSA) is 77.9 Å². The molecule has 0 unspecified atom stereocenters. The van der Waals surface area contributed by atoms with E-state index in [1.165, 1.54) is 6.33 Å². The number of H-pyrrole nitrogens is 1. The first-order valence-corrected chi connectivity index (χ1v) is 9.41. The van der Waals surface area contributed by atoms with Gasteiger partial charge in [-0.05, 0) is 49.2 Å². The van der Waals surface area contributed by atoms with Crippen molar-refractivity contribution >= 4 is 11.0 Å². The van der Waals surface area contributed by atoms with Crippen molar-refractivity contribution in [1.82, 2.24) is 24.7 Å². The van der Waals surface area contributed by atoms with Crippen molar-refractivity contribution in [2.75, 3.05) is 7.11 Å². The molecule has 0 aliphatic carbocycles.